The van der Waals surface area contributed by atoms with Gasteiger partial charge in [-0.1, -0.05) is 13.8 Å². The van der Waals surface area contributed by atoms with Crippen LogP contribution in [-0.4, -0.2) is 6.54 Å². The highest BCUT2D eigenvalue weighted by Gasteiger charge is 2.04. The largest absolute Gasteiger partial charge is 0.385 e. The van der Waals surface area contributed by atoms with Crippen LogP contribution < -0.4 is 5.32 Å². The number of anilines is 1. The van der Waals surface area contributed by atoms with Gasteiger partial charge in [0, 0.05) is 12.2 Å². The van der Waals surface area contributed by atoms with Gasteiger partial charge in [-0.25, -0.2) is 0 Å². The molecule has 1 aromatic rings. The summed E-state index contributed by atoms with van der Waals surface area (Å²) in [4.78, 5) is 0. The SMILES string of the molecule is CCNc1cc(C)c(CC)c(CC)c1. The van der Waals surface area contributed by atoms with E-state index in [0.29, 0.717) is 0 Å². The van der Waals surface area contributed by atoms with Gasteiger partial charge in [0.1, 0.15) is 0 Å². The second-order valence-corrected chi connectivity index (χ2v) is 3.67. The normalized spacial score (nSPS) is 10.3. The fourth-order valence-corrected chi connectivity index (χ4v) is 2.02. The van der Waals surface area contributed by atoms with Gasteiger partial charge in [-0.2, -0.15) is 0 Å². The predicted octanol–water partition coefficient (Wildman–Crippen LogP) is 3.55. The molecule has 0 saturated carbocycles. The van der Waals surface area contributed by atoms with Gasteiger partial charge in [0.2, 0.25) is 0 Å². The van der Waals surface area contributed by atoms with Gasteiger partial charge in [-0.05, 0) is 55.5 Å². The Morgan fingerprint density at radius 2 is 1.79 bits per heavy atom. The first-order chi connectivity index (χ1) is 6.72. The highest BCUT2D eigenvalue weighted by Crippen LogP contribution is 2.21. The third-order valence-electron chi connectivity index (χ3n) is 2.68. The maximum absolute atomic E-state index is 3.37. The minimum absolute atomic E-state index is 0.994. The van der Waals surface area contributed by atoms with E-state index in [2.05, 4.69) is 45.1 Å². The molecule has 0 amide bonds. The van der Waals surface area contributed by atoms with E-state index < -0.39 is 0 Å². The average molecular weight is 191 g/mol. The molecule has 1 rings (SSSR count). The fourth-order valence-electron chi connectivity index (χ4n) is 2.02. The van der Waals surface area contributed by atoms with Gasteiger partial charge in [0.05, 0.1) is 0 Å². The molecule has 1 N–H and O–H groups in total. The van der Waals surface area contributed by atoms with E-state index >= 15 is 0 Å². The Hall–Kier alpha value is -0.980. The van der Waals surface area contributed by atoms with Gasteiger partial charge >= 0.3 is 0 Å². The van der Waals surface area contributed by atoms with Crippen LogP contribution in [0.15, 0.2) is 12.1 Å². The molecule has 1 nitrogen and oxygen atoms in total. The Morgan fingerprint density at radius 3 is 2.29 bits per heavy atom. The van der Waals surface area contributed by atoms with Gasteiger partial charge in [-0.15, -0.1) is 0 Å². The molecule has 1 aromatic carbocycles. The van der Waals surface area contributed by atoms with E-state index in [9.17, 15) is 0 Å². The Bertz CT molecular complexity index is 302. The summed E-state index contributed by atoms with van der Waals surface area (Å²) in [6.07, 6.45) is 2.27. The first kappa shape index (κ1) is 11.1. The summed E-state index contributed by atoms with van der Waals surface area (Å²) >= 11 is 0. The molecule has 0 heterocycles. The van der Waals surface area contributed by atoms with Crippen LogP contribution in [0, 0.1) is 6.92 Å². The molecule has 0 saturated heterocycles. The van der Waals surface area contributed by atoms with Crippen molar-refractivity contribution in [1.82, 2.24) is 0 Å². The van der Waals surface area contributed by atoms with Crippen molar-refractivity contribution in [1.29, 1.82) is 0 Å². The molecule has 0 aliphatic carbocycles. The first-order valence-electron chi connectivity index (χ1n) is 5.59. The molecular weight excluding hydrogens is 170 g/mol. The maximum Gasteiger partial charge on any atom is 0.0345 e. The van der Waals surface area contributed by atoms with Gasteiger partial charge in [0.25, 0.3) is 0 Å². The smallest absolute Gasteiger partial charge is 0.0345 e. The van der Waals surface area contributed by atoms with Crippen molar-refractivity contribution in [3.05, 3.63) is 28.8 Å². The van der Waals surface area contributed by atoms with E-state index in [-0.39, 0.29) is 0 Å². The van der Waals surface area contributed by atoms with Crippen molar-refractivity contribution in [3.63, 3.8) is 0 Å². The van der Waals surface area contributed by atoms with E-state index in [1.54, 1.807) is 0 Å². The molecule has 0 unspecified atom stereocenters. The van der Waals surface area contributed by atoms with Crippen LogP contribution >= 0.6 is 0 Å². The standard InChI is InChI=1S/C13H21N/c1-5-11-9-12(14-7-3)8-10(4)13(11)6-2/h8-9,14H,5-7H2,1-4H3. The van der Waals surface area contributed by atoms with Crippen LogP contribution in [0.25, 0.3) is 0 Å². The van der Waals surface area contributed by atoms with E-state index in [0.717, 1.165) is 19.4 Å². The van der Waals surface area contributed by atoms with Crippen molar-refractivity contribution in [3.8, 4) is 0 Å². The van der Waals surface area contributed by atoms with Crippen LogP contribution in [0.4, 0.5) is 5.69 Å². The summed E-state index contributed by atoms with van der Waals surface area (Å²) in [6, 6.07) is 4.54. The van der Waals surface area contributed by atoms with Crippen molar-refractivity contribution in [2.45, 2.75) is 40.5 Å². The third-order valence-corrected chi connectivity index (χ3v) is 2.68. The number of benzene rings is 1. The lowest BCUT2D eigenvalue weighted by Crippen LogP contribution is -2.01. The van der Waals surface area contributed by atoms with Crippen LogP contribution in [0.2, 0.25) is 0 Å². The zero-order chi connectivity index (χ0) is 10.6. The Balaban J connectivity index is 3.10. The lowest BCUT2D eigenvalue weighted by Gasteiger charge is -2.13. The third kappa shape index (κ3) is 2.28. The predicted molar refractivity (Wildman–Crippen MR) is 64.1 cm³/mol. The summed E-state index contributed by atoms with van der Waals surface area (Å²) < 4.78 is 0. The lowest BCUT2D eigenvalue weighted by atomic mass is 9.97. The second-order valence-electron chi connectivity index (χ2n) is 3.67. The van der Waals surface area contributed by atoms with Gasteiger partial charge in [0.15, 0.2) is 0 Å². The molecule has 0 radical (unpaired) electrons. The zero-order valence-electron chi connectivity index (χ0n) is 9.78. The van der Waals surface area contributed by atoms with Crippen molar-refractivity contribution in [2.24, 2.45) is 0 Å². The second kappa shape index (κ2) is 5.04. The Labute approximate surface area is 87.5 Å². The van der Waals surface area contributed by atoms with E-state index in [1.807, 2.05) is 0 Å². The Kier molecular flexibility index (Phi) is 3.99. The van der Waals surface area contributed by atoms with Crippen molar-refractivity contribution in [2.75, 3.05) is 11.9 Å². The number of hydrogen-bond donors (Lipinski definition) is 1. The summed E-state index contributed by atoms with van der Waals surface area (Å²) in [5.41, 5.74) is 5.69. The maximum atomic E-state index is 3.37. The summed E-state index contributed by atoms with van der Waals surface area (Å²) in [5, 5.41) is 3.37. The minimum atomic E-state index is 0.994. The van der Waals surface area contributed by atoms with Gasteiger partial charge in [-0.3, -0.25) is 0 Å². The quantitative estimate of drug-likeness (QED) is 0.767. The highest BCUT2D eigenvalue weighted by molar-refractivity contribution is 5.52. The van der Waals surface area contributed by atoms with Crippen molar-refractivity contribution < 1.29 is 0 Å². The molecule has 0 aliphatic rings. The number of nitrogens with one attached hydrogen (secondary N) is 1. The monoisotopic (exact) mass is 191 g/mol. The molecule has 0 aromatic heterocycles. The van der Waals surface area contributed by atoms with Crippen LogP contribution in [0.3, 0.4) is 0 Å². The summed E-state index contributed by atoms with van der Waals surface area (Å²) in [5.74, 6) is 0. The number of rotatable bonds is 4. The molecule has 0 fully saturated rings. The molecular formula is C13H21N. The average Bonchev–Trinajstić information content (AvgIpc) is 2.17. The minimum Gasteiger partial charge on any atom is -0.385 e. The number of hydrogen-bond acceptors (Lipinski definition) is 1. The zero-order valence-corrected chi connectivity index (χ0v) is 9.78. The fraction of sp³-hybridized carbons (Fsp3) is 0.538. The van der Waals surface area contributed by atoms with E-state index in [1.165, 1.54) is 22.4 Å². The number of aryl methyl sites for hydroxylation is 2. The van der Waals surface area contributed by atoms with Crippen molar-refractivity contribution >= 4 is 5.69 Å². The molecule has 14 heavy (non-hydrogen) atoms. The van der Waals surface area contributed by atoms with Gasteiger partial charge < -0.3 is 5.32 Å². The molecule has 0 bridgehead atoms. The molecule has 0 spiro atoms. The van der Waals surface area contributed by atoms with Crippen LogP contribution in [0.5, 0.6) is 0 Å². The molecule has 1 heteroatoms. The Morgan fingerprint density at radius 1 is 1.07 bits per heavy atom. The first-order valence-corrected chi connectivity index (χ1v) is 5.59. The summed E-state index contributed by atoms with van der Waals surface area (Å²) in [7, 11) is 0. The highest BCUT2D eigenvalue weighted by atomic mass is 14.8. The lowest BCUT2D eigenvalue weighted by molar-refractivity contribution is 1.02. The molecule has 78 valence electrons. The van der Waals surface area contributed by atoms with E-state index in [4.69, 9.17) is 0 Å². The molecule has 0 aliphatic heterocycles. The summed E-state index contributed by atoms with van der Waals surface area (Å²) in [6.45, 7) is 9.79. The topological polar surface area (TPSA) is 12.0 Å². The van der Waals surface area contributed by atoms with Crippen LogP contribution in [-0.2, 0) is 12.8 Å². The molecule has 0 atom stereocenters. The van der Waals surface area contributed by atoms with Crippen LogP contribution in [0.1, 0.15) is 37.5 Å².